The van der Waals surface area contributed by atoms with E-state index in [2.05, 4.69) is 25.6 Å². The van der Waals surface area contributed by atoms with Crippen molar-refractivity contribution >= 4 is 35.3 Å². The predicted molar refractivity (Wildman–Crippen MR) is 73.0 cm³/mol. The van der Waals surface area contributed by atoms with Gasteiger partial charge in [-0.3, -0.25) is 0 Å². The zero-order valence-corrected chi connectivity index (χ0v) is 11.3. The van der Waals surface area contributed by atoms with E-state index in [4.69, 9.17) is 11.6 Å². The molecule has 0 radical (unpaired) electrons. The van der Waals surface area contributed by atoms with E-state index in [0.717, 1.165) is 18.7 Å². The number of hydrogen-bond donors (Lipinski definition) is 2. The second-order valence-corrected chi connectivity index (χ2v) is 5.33. The number of thioether (sulfide) groups is 1. The molecule has 0 aromatic carbocycles. The number of nitrogens with one attached hydrogen (secondary N) is 2. The van der Waals surface area contributed by atoms with Crippen LogP contribution in [0.3, 0.4) is 0 Å². The monoisotopic (exact) mass is 273 g/mol. The van der Waals surface area contributed by atoms with Crippen LogP contribution in [0.15, 0.2) is 0 Å². The van der Waals surface area contributed by atoms with Crippen LogP contribution < -0.4 is 10.6 Å². The summed E-state index contributed by atoms with van der Waals surface area (Å²) >= 11 is 7.81. The van der Waals surface area contributed by atoms with E-state index in [1.807, 2.05) is 18.7 Å². The minimum Gasteiger partial charge on any atom is -0.354 e. The Kier molecular flexibility index (Phi) is 4.67. The van der Waals surface area contributed by atoms with Crippen molar-refractivity contribution in [3.63, 3.8) is 0 Å². The third-order valence-electron chi connectivity index (χ3n) is 2.44. The van der Waals surface area contributed by atoms with Crippen LogP contribution in [0.1, 0.15) is 19.8 Å². The zero-order valence-electron chi connectivity index (χ0n) is 9.74. The van der Waals surface area contributed by atoms with Crippen molar-refractivity contribution in [2.45, 2.75) is 25.8 Å². The molecule has 0 aliphatic carbocycles. The fourth-order valence-corrected chi connectivity index (χ4v) is 2.92. The van der Waals surface area contributed by atoms with Gasteiger partial charge < -0.3 is 10.6 Å². The number of rotatable bonds is 4. The van der Waals surface area contributed by atoms with Crippen LogP contribution in [0, 0.1) is 0 Å². The number of halogens is 1. The Bertz CT molecular complexity index is 370. The normalized spacial score (nSPS) is 20.0. The van der Waals surface area contributed by atoms with Crippen molar-refractivity contribution in [1.82, 2.24) is 15.0 Å². The molecule has 1 aromatic heterocycles. The topological polar surface area (TPSA) is 62.7 Å². The van der Waals surface area contributed by atoms with Crippen molar-refractivity contribution in [2.24, 2.45) is 0 Å². The lowest BCUT2D eigenvalue weighted by Crippen LogP contribution is -2.27. The molecule has 1 saturated heterocycles. The summed E-state index contributed by atoms with van der Waals surface area (Å²) in [5.74, 6) is 3.44. The smallest absolute Gasteiger partial charge is 0.229 e. The van der Waals surface area contributed by atoms with Crippen LogP contribution >= 0.6 is 23.4 Å². The first-order valence-electron chi connectivity index (χ1n) is 5.77. The van der Waals surface area contributed by atoms with Gasteiger partial charge in [0.25, 0.3) is 0 Å². The molecule has 1 aliphatic rings. The minimum absolute atomic E-state index is 0.224. The molecule has 1 aliphatic heterocycles. The molecule has 0 bridgehead atoms. The number of hydrogen-bond acceptors (Lipinski definition) is 6. The van der Waals surface area contributed by atoms with E-state index in [0.29, 0.717) is 17.9 Å². The second-order valence-electron chi connectivity index (χ2n) is 3.84. The van der Waals surface area contributed by atoms with Crippen LogP contribution in [0.2, 0.25) is 5.28 Å². The summed E-state index contributed by atoms with van der Waals surface area (Å²) in [5.41, 5.74) is 0. The van der Waals surface area contributed by atoms with Gasteiger partial charge in [0.05, 0.1) is 0 Å². The quantitative estimate of drug-likeness (QED) is 0.877. The lowest BCUT2D eigenvalue weighted by molar-refractivity contribution is 0.678. The van der Waals surface area contributed by atoms with Gasteiger partial charge in [-0.25, -0.2) is 0 Å². The van der Waals surface area contributed by atoms with Crippen LogP contribution in [-0.2, 0) is 0 Å². The Labute approximate surface area is 110 Å². The Morgan fingerprint density at radius 1 is 1.35 bits per heavy atom. The minimum atomic E-state index is 0.224. The molecular weight excluding hydrogens is 258 g/mol. The summed E-state index contributed by atoms with van der Waals surface area (Å²) in [6.45, 7) is 2.75. The highest BCUT2D eigenvalue weighted by molar-refractivity contribution is 7.99. The van der Waals surface area contributed by atoms with Gasteiger partial charge in [0, 0.05) is 18.3 Å². The summed E-state index contributed by atoms with van der Waals surface area (Å²) in [4.78, 5) is 12.4. The molecule has 2 heterocycles. The SMILES string of the molecule is CCNc1nc(Cl)nc(NC2CCCSC2)n1. The third-order valence-corrected chi connectivity index (χ3v) is 3.82. The molecule has 1 fully saturated rings. The maximum atomic E-state index is 5.86. The first-order chi connectivity index (χ1) is 8.28. The molecule has 1 unspecified atom stereocenters. The average Bonchev–Trinajstić information content (AvgIpc) is 2.30. The van der Waals surface area contributed by atoms with E-state index >= 15 is 0 Å². The van der Waals surface area contributed by atoms with E-state index in [1.54, 1.807) is 0 Å². The summed E-state index contributed by atoms with van der Waals surface area (Å²) in [5, 5.41) is 6.57. The highest BCUT2D eigenvalue weighted by atomic mass is 35.5. The third kappa shape index (κ3) is 3.89. The van der Waals surface area contributed by atoms with Crippen molar-refractivity contribution in [3.8, 4) is 0 Å². The number of anilines is 2. The number of nitrogens with zero attached hydrogens (tertiary/aromatic N) is 3. The number of aromatic nitrogens is 3. The largest absolute Gasteiger partial charge is 0.354 e. The highest BCUT2D eigenvalue weighted by Gasteiger charge is 2.15. The van der Waals surface area contributed by atoms with Crippen molar-refractivity contribution < 1.29 is 0 Å². The molecule has 7 heteroatoms. The van der Waals surface area contributed by atoms with Crippen LogP contribution in [0.25, 0.3) is 0 Å². The molecule has 1 atom stereocenters. The van der Waals surface area contributed by atoms with Gasteiger partial charge in [0.2, 0.25) is 17.2 Å². The maximum Gasteiger partial charge on any atom is 0.229 e. The van der Waals surface area contributed by atoms with Gasteiger partial charge >= 0.3 is 0 Å². The van der Waals surface area contributed by atoms with Crippen molar-refractivity contribution in [2.75, 3.05) is 28.7 Å². The average molecular weight is 274 g/mol. The Hall–Kier alpha value is -0.750. The molecule has 94 valence electrons. The molecule has 17 heavy (non-hydrogen) atoms. The summed E-state index contributed by atoms with van der Waals surface area (Å²) in [6.07, 6.45) is 2.40. The lowest BCUT2D eigenvalue weighted by Gasteiger charge is -2.22. The Morgan fingerprint density at radius 2 is 2.18 bits per heavy atom. The van der Waals surface area contributed by atoms with Crippen molar-refractivity contribution in [3.05, 3.63) is 5.28 Å². The predicted octanol–water partition coefficient (Wildman–Crippen LogP) is 2.26. The van der Waals surface area contributed by atoms with Crippen LogP contribution in [0.5, 0.6) is 0 Å². The molecule has 0 saturated carbocycles. The van der Waals surface area contributed by atoms with Gasteiger partial charge in [-0.1, -0.05) is 0 Å². The van der Waals surface area contributed by atoms with Gasteiger partial charge in [-0.15, -0.1) is 0 Å². The van der Waals surface area contributed by atoms with E-state index in [1.165, 1.54) is 12.2 Å². The molecular formula is C10H16ClN5S. The second kappa shape index (κ2) is 6.26. The van der Waals surface area contributed by atoms with Gasteiger partial charge in [-0.2, -0.15) is 26.7 Å². The molecule has 2 rings (SSSR count). The molecule has 0 spiro atoms. The molecule has 1 aromatic rings. The van der Waals surface area contributed by atoms with Crippen LogP contribution in [0.4, 0.5) is 11.9 Å². The van der Waals surface area contributed by atoms with Gasteiger partial charge in [0.15, 0.2) is 0 Å². The lowest BCUT2D eigenvalue weighted by atomic mass is 10.2. The summed E-state index contributed by atoms with van der Waals surface area (Å²) < 4.78 is 0. The molecule has 0 amide bonds. The van der Waals surface area contributed by atoms with Gasteiger partial charge in [-0.05, 0) is 37.1 Å². The van der Waals surface area contributed by atoms with Gasteiger partial charge in [0.1, 0.15) is 0 Å². The highest BCUT2D eigenvalue weighted by Crippen LogP contribution is 2.20. The first-order valence-corrected chi connectivity index (χ1v) is 7.31. The van der Waals surface area contributed by atoms with E-state index in [-0.39, 0.29) is 5.28 Å². The maximum absolute atomic E-state index is 5.86. The zero-order chi connectivity index (χ0) is 12.1. The van der Waals surface area contributed by atoms with E-state index < -0.39 is 0 Å². The first kappa shape index (κ1) is 12.7. The fraction of sp³-hybridized carbons (Fsp3) is 0.700. The summed E-state index contributed by atoms with van der Waals surface area (Å²) in [7, 11) is 0. The van der Waals surface area contributed by atoms with Crippen LogP contribution in [-0.4, -0.2) is 39.0 Å². The van der Waals surface area contributed by atoms with E-state index in [9.17, 15) is 0 Å². The standard InChI is InChI=1S/C10H16ClN5S/c1-2-12-9-14-8(11)15-10(16-9)13-7-4-3-5-17-6-7/h7H,2-6H2,1H3,(H2,12,13,14,15,16). The molecule has 5 nitrogen and oxygen atoms in total. The Morgan fingerprint density at radius 3 is 2.88 bits per heavy atom. The van der Waals surface area contributed by atoms with Crippen molar-refractivity contribution in [1.29, 1.82) is 0 Å². The fourth-order valence-electron chi connectivity index (χ4n) is 1.69. The summed E-state index contributed by atoms with van der Waals surface area (Å²) in [6, 6.07) is 0.432. The Balaban J connectivity index is 2.03. The molecule has 2 N–H and O–H groups in total.